The molecule has 0 fully saturated rings. The average molecular weight is 443 g/mol. The predicted octanol–water partition coefficient (Wildman–Crippen LogP) is 6.42. The summed E-state index contributed by atoms with van der Waals surface area (Å²) >= 11 is 0. The maximum absolute atomic E-state index is 15.3. The van der Waals surface area contributed by atoms with Crippen molar-refractivity contribution >= 4 is 44.9 Å². The van der Waals surface area contributed by atoms with Crippen molar-refractivity contribution < 1.29 is 4.57 Å². The Kier molecular flexibility index (Phi) is 4.75. The summed E-state index contributed by atoms with van der Waals surface area (Å²) in [6.45, 7) is 0. The molecule has 0 amide bonds. The molecule has 2 nitrogen and oxygen atoms in total. The molecule has 5 aromatic carbocycles. The highest BCUT2D eigenvalue weighted by atomic mass is 31.2. The Bertz CT molecular complexity index is 1580. The minimum Gasteiger partial charge on any atom is -0.309 e. The first kappa shape index (κ1) is 19.8. The maximum atomic E-state index is 15.3. The molecule has 3 heteroatoms. The van der Waals surface area contributed by atoms with Crippen molar-refractivity contribution in [3.8, 4) is 5.69 Å². The molecule has 0 aliphatic carbocycles. The number of fused-ring (bicyclic) bond motifs is 3. The lowest BCUT2D eigenvalue weighted by Gasteiger charge is -2.22. The van der Waals surface area contributed by atoms with Crippen LogP contribution in [-0.4, -0.2) is 4.57 Å². The molecular formula is C30H22NOP. The molecule has 0 spiro atoms. The monoisotopic (exact) mass is 443 g/mol. The smallest absolute Gasteiger partial charge is 0.173 e. The van der Waals surface area contributed by atoms with Gasteiger partial charge in [-0.1, -0.05) is 109 Å². The van der Waals surface area contributed by atoms with Gasteiger partial charge in [0.2, 0.25) is 0 Å². The zero-order valence-electron chi connectivity index (χ0n) is 18.0. The Hall–Kier alpha value is -3.87. The van der Waals surface area contributed by atoms with Crippen LogP contribution in [0.1, 0.15) is 0 Å². The van der Waals surface area contributed by atoms with Crippen molar-refractivity contribution in [1.82, 2.24) is 4.57 Å². The first-order valence-electron chi connectivity index (χ1n) is 11.1. The topological polar surface area (TPSA) is 22.0 Å². The van der Waals surface area contributed by atoms with Crippen LogP contribution in [0.4, 0.5) is 0 Å². The van der Waals surface area contributed by atoms with Gasteiger partial charge in [0.15, 0.2) is 7.14 Å². The molecule has 1 heterocycles. The largest absolute Gasteiger partial charge is 0.309 e. The van der Waals surface area contributed by atoms with Gasteiger partial charge in [-0.3, -0.25) is 0 Å². The maximum Gasteiger partial charge on any atom is 0.173 e. The van der Waals surface area contributed by atoms with E-state index >= 15 is 4.57 Å². The summed E-state index contributed by atoms with van der Waals surface area (Å²) in [6.07, 6.45) is 0. The first-order valence-corrected chi connectivity index (χ1v) is 12.8. The van der Waals surface area contributed by atoms with E-state index in [2.05, 4.69) is 47.0 Å². The number of benzene rings is 5. The second kappa shape index (κ2) is 7.92. The number of rotatable bonds is 4. The van der Waals surface area contributed by atoms with E-state index in [1.54, 1.807) is 0 Å². The zero-order chi connectivity index (χ0) is 22.3. The molecule has 0 radical (unpaired) electrons. The van der Waals surface area contributed by atoms with Crippen molar-refractivity contribution in [2.24, 2.45) is 0 Å². The summed E-state index contributed by atoms with van der Waals surface area (Å²) in [5, 5.41) is 4.81. The fourth-order valence-electron chi connectivity index (χ4n) is 4.80. The van der Waals surface area contributed by atoms with Crippen LogP contribution >= 0.6 is 7.14 Å². The lowest BCUT2D eigenvalue weighted by molar-refractivity contribution is 0.592. The minimum atomic E-state index is -3.15. The lowest BCUT2D eigenvalue weighted by atomic mass is 10.1. The van der Waals surface area contributed by atoms with Gasteiger partial charge < -0.3 is 9.13 Å². The van der Waals surface area contributed by atoms with Crippen LogP contribution in [0, 0.1) is 0 Å². The molecule has 33 heavy (non-hydrogen) atoms. The van der Waals surface area contributed by atoms with Crippen LogP contribution in [0.2, 0.25) is 0 Å². The highest BCUT2D eigenvalue weighted by Crippen LogP contribution is 2.46. The minimum absolute atomic E-state index is 0.841. The Morgan fingerprint density at radius 2 is 1.00 bits per heavy atom. The second-order valence-corrected chi connectivity index (χ2v) is 10.9. The fraction of sp³-hybridized carbons (Fsp3) is 0. The molecule has 0 unspecified atom stereocenters. The van der Waals surface area contributed by atoms with E-state index in [4.69, 9.17) is 0 Å². The van der Waals surface area contributed by atoms with Crippen LogP contribution < -0.4 is 15.9 Å². The van der Waals surface area contributed by atoms with Gasteiger partial charge >= 0.3 is 0 Å². The predicted molar refractivity (Wildman–Crippen MR) is 140 cm³/mol. The zero-order valence-corrected chi connectivity index (χ0v) is 18.9. The third-order valence-corrected chi connectivity index (χ3v) is 9.36. The van der Waals surface area contributed by atoms with E-state index in [0.717, 1.165) is 43.4 Å². The van der Waals surface area contributed by atoms with Gasteiger partial charge in [0.05, 0.1) is 11.0 Å². The normalized spacial score (nSPS) is 11.8. The Morgan fingerprint density at radius 1 is 0.485 bits per heavy atom. The number of hydrogen-bond donors (Lipinski definition) is 0. The van der Waals surface area contributed by atoms with E-state index < -0.39 is 7.14 Å². The SMILES string of the molecule is O=P(c1ccccc1)(c1ccccc1)c1cccc2c3ccccc3n(-c3ccccc3)c12. The summed E-state index contributed by atoms with van der Waals surface area (Å²) in [5.74, 6) is 0. The highest BCUT2D eigenvalue weighted by molar-refractivity contribution is 7.85. The van der Waals surface area contributed by atoms with E-state index in [0.29, 0.717) is 0 Å². The summed E-state index contributed by atoms with van der Waals surface area (Å²) < 4.78 is 17.5. The number of nitrogens with zero attached hydrogens (tertiary/aromatic N) is 1. The molecule has 1 aromatic heterocycles. The van der Waals surface area contributed by atoms with Gasteiger partial charge in [-0.2, -0.15) is 0 Å². The molecule has 6 rings (SSSR count). The highest BCUT2D eigenvalue weighted by Gasteiger charge is 2.33. The van der Waals surface area contributed by atoms with Crippen LogP contribution in [0.25, 0.3) is 27.5 Å². The summed E-state index contributed by atoms with van der Waals surface area (Å²) in [5.41, 5.74) is 3.17. The lowest BCUT2D eigenvalue weighted by Crippen LogP contribution is -2.26. The number of hydrogen-bond acceptors (Lipinski definition) is 1. The van der Waals surface area contributed by atoms with E-state index in [1.165, 1.54) is 0 Å². The standard InChI is InChI=1S/C30H22NOP/c32-33(24-15-6-2-7-16-24,25-17-8-3-9-18-25)29-22-12-20-27-26-19-10-11-21-28(26)31(30(27)29)23-13-4-1-5-14-23/h1-22H. The molecular weight excluding hydrogens is 421 g/mol. The van der Waals surface area contributed by atoms with Gasteiger partial charge in [0.1, 0.15) is 0 Å². The Morgan fingerprint density at radius 3 is 1.64 bits per heavy atom. The molecule has 158 valence electrons. The summed E-state index contributed by atoms with van der Waals surface area (Å²) in [7, 11) is -3.15. The van der Waals surface area contributed by atoms with Crippen molar-refractivity contribution in [3.63, 3.8) is 0 Å². The molecule has 0 aliphatic heterocycles. The van der Waals surface area contributed by atoms with Crippen LogP contribution in [0.15, 0.2) is 133 Å². The Balaban J connectivity index is 1.81. The third kappa shape index (κ3) is 3.07. The van der Waals surface area contributed by atoms with Gasteiger partial charge in [0.25, 0.3) is 0 Å². The van der Waals surface area contributed by atoms with Crippen molar-refractivity contribution in [3.05, 3.63) is 133 Å². The van der Waals surface area contributed by atoms with Crippen molar-refractivity contribution in [2.75, 3.05) is 0 Å². The first-order chi connectivity index (χ1) is 16.3. The summed E-state index contributed by atoms with van der Waals surface area (Å²) in [4.78, 5) is 0. The average Bonchev–Trinajstić information content (AvgIpc) is 3.24. The molecule has 0 aliphatic rings. The van der Waals surface area contributed by atoms with Crippen molar-refractivity contribution in [2.45, 2.75) is 0 Å². The van der Waals surface area contributed by atoms with Gasteiger partial charge in [-0.25, -0.2) is 0 Å². The van der Waals surface area contributed by atoms with E-state index in [1.807, 2.05) is 91.0 Å². The fourth-order valence-corrected chi connectivity index (χ4v) is 7.66. The van der Waals surface area contributed by atoms with Gasteiger partial charge in [0, 0.05) is 32.4 Å². The van der Waals surface area contributed by atoms with E-state index in [9.17, 15) is 0 Å². The molecule has 0 saturated heterocycles. The third-order valence-electron chi connectivity index (χ3n) is 6.27. The van der Waals surface area contributed by atoms with Gasteiger partial charge in [-0.15, -0.1) is 0 Å². The second-order valence-electron chi connectivity index (χ2n) is 8.14. The van der Waals surface area contributed by atoms with E-state index in [-0.39, 0.29) is 0 Å². The van der Waals surface area contributed by atoms with Crippen LogP contribution in [0.5, 0.6) is 0 Å². The van der Waals surface area contributed by atoms with Crippen LogP contribution in [-0.2, 0) is 4.57 Å². The molecule has 0 N–H and O–H groups in total. The quantitative estimate of drug-likeness (QED) is 0.288. The number of para-hydroxylation sites is 3. The number of aromatic nitrogens is 1. The molecule has 0 bridgehead atoms. The molecule has 6 aromatic rings. The van der Waals surface area contributed by atoms with Crippen LogP contribution in [0.3, 0.4) is 0 Å². The molecule has 0 saturated carbocycles. The Labute approximate surface area is 193 Å². The molecule has 0 atom stereocenters. The van der Waals surface area contributed by atoms with Crippen molar-refractivity contribution in [1.29, 1.82) is 0 Å². The summed E-state index contributed by atoms with van der Waals surface area (Å²) in [6, 6.07) is 44.8. The van der Waals surface area contributed by atoms with Gasteiger partial charge in [-0.05, 0) is 24.3 Å².